The summed E-state index contributed by atoms with van der Waals surface area (Å²) in [5.74, 6) is -1.42. The molecule has 4 aromatic heterocycles. The molecule has 472 valence electrons. The molecule has 8 rings (SSSR count). The number of aromatic nitrogens is 4. The van der Waals surface area contributed by atoms with Crippen molar-refractivity contribution in [3.63, 3.8) is 0 Å². The van der Waals surface area contributed by atoms with Crippen LogP contribution in [0.4, 0.5) is 0 Å². The molecule has 0 fully saturated rings. The van der Waals surface area contributed by atoms with Crippen molar-refractivity contribution in [3.8, 4) is 46.0 Å². The Morgan fingerprint density at radius 1 is 0.422 bits per heavy atom. The summed E-state index contributed by atoms with van der Waals surface area (Å²) in [5, 5.41) is 34.9. The molecule has 8 aromatic rings. The first kappa shape index (κ1) is 70.1. The molecule has 8 N–H and O–H groups in total. The highest BCUT2D eigenvalue weighted by molar-refractivity contribution is 7.08. The van der Waals surface area contributed by atoms with E-state index in [0.717, 1.165) is 27.8 Å². The summed E-state index contributed by atoms with van der Waals surface area (Å²) in [5.41, 5.74) is 3.34. The molecule has 0 spiro atoms. The van der Waals surface area contributed by atoms with Crippen LogP contribution in [0.15, 0.2) is 105 Å². The molecule has 0 bridgehead atoms. The van der Waals surface area contributed by atoms with Gasteiger partial charge in [-0.05, 0) is 96.3 Å². The number of H-pyrrole nitrogens is 4. The van der Waals surface area contributed by atoms with E-state index >= 15 is 0 Å². The quantitative estimate of drug-likeness (QED) is 0.0401. The lowest BCUT2D eigenvalue weighted by atomic mass is 10.1. The van der Waals surface area contributed by atoms with E-state index in [4.69, 9.17) is 58.3 Å². The zero-order valence-electron chi connectivity index (χ0n) is 48.7. The SMILES string of the molecule is C=CCc1cc(/C=c2\sc(=C)[nH]c2=O)cc(OC)c1OCC(=O)O.C=CCc1cc(/C=c2\sc(=C)[nH]c2=O)cc(OC)c1OCC(=O)O.C=c1[nH]c(=O)/c(=C/c2ccc(OCC(=O)O)c(OC)c2)s1.C=c1[nH]c(=O)/c(=C/c2cccc(OC)c2OCC(=O)O)s1. The molecular formula is C62H60N4O20S4. The van der Waals surface area contributed by atoms with Gasteiger partial charge in [-0.3, -0.25) is 19.2 Å². The maximum atomic E-state index is 11.8. The molecule has 0 radical (unpaired) electrons. The van der Waals surface area contributed by atoms with Crippen molar-refractivity contribution >= 4 is 120 Å². The van der Waals surface area contributed by atoms with Gasteiger partial charge in [-0.15, -0.1) is 58.5 Å². The van der Waals surface area contributed by atoms with Gasteiger partial charge in [0.25, 0.3) is 22.2 Å². The number of hydrogen-bond acceptors (Lipinski definition) is 20. The number of nitrogens with one attached hydrogen (secondary N) is 4. The molecule has 24 nitrogen and oxygen atoms in total. The van der Waals surface area contributed by atoms with Crippen LogP contribution in [-0.4, -0.2) is 119 Å². The second-order valence-corrected chi connectivity index (χ2v) is 22.4. The molecule has 0 aliphatic rings. The number of para-hydroxylation sites is 1. The highest BCUT2D eigenvalue weighted by Crippen LogP contribution is 2.36. The van der Waals surface area contributed by atoms with E-state index in [1.807, 2.05) is 12.1 Å². The van der Waals surface area contributed by atoms with Crippen LogP contribution in [0.5, 0.6) is 46.0 Å². The number of ether oxygens (including phenoxy) is 8. The van der Waals surface area contributed by atoms with Gasteiger partial charge < -0.3 is 78.3 Å². The molecule has 0 unspecified atom stereocenters. The van der Waals surface area contributed by atoms with Crippen LogP contribution in [0.25, 0.3) is 50.6 Å². The predicted molar refractivity (Wildman–Crippen MR) is 345 cm³/mol. The predicted octanol–water partition coefficient (Wildman–Crippen LogP) is 2.05. The number of aromatic amines is 4. The normalized spacial score (nSPS) is 11.3. The fraction of sp³-hybridized carbons (Fsp3) is 0.161. The summed E-state index contributed by atoms with van der Waals surface area (Å²) in [6.07, 6.45) is 11.0. The van der Waals surface area contributed by atoms with Gasteiger partial charge in [0.2, 0.25) is 0 Å². The lowest BCUT2D eigenvalue weighted by molar-refractivity contribution is -0.140. The third kappa shape index (κ3) is 21.0. The Balaban J connectivity index is 0.000000219. The number of carbonyl (C=O) groups is 4. The zero-order chi connectivity index (χ0) is 66.2. The third-order valence-electron chi connectivity index (χ3n) is 11.3. The summed E-state index contributed by atoms with van der Waals surface area (Å²) in [6, 6.07) is 17.1. The van der Waals surface area contributed by atoms with Gasteiger partial charge >= 0.3 is 23.9 Å². The Hall–Kier alpha value is -10.7. The van der Waals surface area contributed by atoms with E-state index in [0.29, 0.717) is 95.4 Å². The summed E-state index contributed by atoms with van der Waals surface area (Å²) >= 11 is 4.98. The van der Waals surface area contributed by atoms with Crippen molar-refractivity contribution < 1.29 is 77.5 Å². The Morgan fingerprint density at radius 2 is 0.767 bits per heavy atom. The van der Waals surface area contributed by atoms with Crippen LogP contribution in [0.2, 0.25) is 0 Å². The van der Waals surface area contributed by atoms with Crippen molar-refractivity contribution in [3.05, 3.63) is 198 Å². The van der Waals surface area contributed by atoms with Crippen LogP contribution >= 0.6 is 45.3 Å². The minimum atomic E-state index is -1.10. The molecule has 0 aliphatic heterocycles. The lowest BCUT2D eigenvalue weighted by Crippen LogP contribution is -2.20. The number of benzene rings is 4. The molecule has 0 aliphatic carbocycles. The smallest absolute Gasteiger partial charge is 0.341 e. The zero-order valence-corrected chi connectivity index (χ0v) is 51.9. The summed E-state index contributed by atoms with van der Waals surface area (Å²) in [6.45, 7) is 20.3. The average Bonchev–Trinajstić information content (AvgIpc) is 3.52. The Kier molecular flexibility index (Phi) is 26.5. The van der Waals surface area contributed by atoms with E-state index in [9.17, 15) is 38.4 Å². The van der Waals surface area contributed by atoms with Gasteiger partial charge in [-0.1, -0.05) is 56.7 Å². The van der Waals surface area contributed by atoms with Crippen LogP contribution in [-0.2, 0) is 32.0 Å². The van der Waals surface area contributed by atoms with Crippen molar-refractivity contribution in [2.45, 2.75) is 12.8 Å². The molecule has 0 atom stereocenters. The van der Waals surface area contributed by atoms with E-state index in [2.05, 4.69) is 59.4 Å². The summed E-state index contributed by atoms with van der Waals surface area (Å²) in [4.78, 5) is 100. The standard InChI is InChI=1S/2C17H17NO5S.2C14H13NO5S/c2*1-4-5-12-6-11(8-14-17(21)18-10(2)24-14)7-13(22-3)16(12)23-9-15(19)20;1-8-15-14(18)12(21-8)6-9-3-4-10(11(5-9)19-2)20-7-13(16)17;1-8-15-14(18)11(21-8)6-9-4-3-5-10(19-2)13(9)20-7-12(16)17/h2*4,6-8H,1-2,5,9H2,3H3,(H,18,21)(H,19,20);2*3-6H,1,7H2,2H3,(H,15,18)(H,16,17)/b2*14-8-;12-6-;11-6-. The number of thiazole rings is 4. The van der Waals surface area contributed by atoms with E-state index in [1.54, 1.807) is 85.0 Å². The van der Waals surface area contributed by atoms with Crippen LogP contribution in [0, 0.1) is 0 Å². The van der Waals surface area contributed by atoms with E-state index < -0.39 is 50.3 Å². The fourth-order valence-electron chi connectivity index (χ4n) is 7.72. The van der Waals surface area contributed by atoms with Crippen molar-refractivity contribution in [1.29, 1.82) is 0 Å². The first-order valence-corrected chi connectivity index (χ1v) is 29.1. The van der Waals surface area contributed by atoms with Crippen LogP contribution in [0.1, 0.15) is 33.4 Å². The molecule has 0 saturated heterocycles. The van der Waals surface area contributed by atoms with Crippen LogP contribution < -0.4 is 96.9 Å². The number of hydrogen-bond donors (Lipinski definition) is 8. The van der Waals surface area contributed by atoms with Gasteiger partial charge in [-0.2, -0.15) is 0 Å². The van der Waals surface area contributed by atoms with Gasteiger partial charge in [0.05, 0.1) is 65.2 Å². The van der Waals surface area contributed by atoms with Gasteiger partial charge in [0, 0.05) is 16.7 Å². The van der Waals surface area contributed by atoms with E-state index in [1.165, 1.54) is 73.8 Å². The van der Waals surface area contributed by atoms with E-state index in [-0.39, 0.29) is 28.0 Å². The highest BCUT2D eigenvalue weighted by Gasteiger charge is 2.17. The minimum absolute atomic E-state index is 0.199. The van der Waals surface area contributed by atoms with Crippen molar-refractivity contribution in [2.24, 2.45) is 0 Å². The molecule has 4 heterocycles. The van der Waals surface area contributed by atoms with Gasteiger partial charge in [0.1, 0.15) is 0 Å². The topological polar surface area (TPSA) is 354 Å². The Morgan fingerprint density at radius 3 is 1.11 bits per heavy atom. The number of allylic oxidation sites excluding steroid dienone is 2. The highest BCUT2D eigenvalue weighted by atomic mass is 32.1. The maximum absolute atomic E-state index is 11.8. The first-order chi connectivity index (χ1) is 42.9. The molecule has 0 amide bonds. The minimum Gasteiger partial charge on any atom is -0.493 e. The molecule has 0 saturated carbocycles. The molecular weight excluding hydrogens is 1250 g/mol. The average molecular weight is 1310 g/mol. The number of carboxylic acid groups (broad SMARTS) is 4. The number of rotatable bonds is 24. The monoisotopic (exact) mass is 1310 g/mol. The second kappa shape index (κ2) is 34.0. The first-order valence-electron chi connectivity index (χ1n) is 25.9. The van der Waals surface area contributed by atoms with Crippen LogP contribution in [0.3, 0.4) is 0 Å². The number of carboxylic acids is 4. The van der Waals surface area contributed by atoms with Crippen molar-refractivity contribution in [2.75, 3.05) is 54.9 Å². The van der Waals surface area contributed by atoms with Gasteiger partial charge in [-0.25, -0.2) is 19.2 Å². The summed E-state index contributed by atoms with van der Waals surface area (Å²) < 4.78 is 46.3. The Bertz CT molecular complexity index is 4510. The Labute approximate surface area is 525 Å². The molecule has 28 heteroatoms. The fourth-order valence-corrected chi connectivity index (χ4v) is 10.7. The maximum Gasteiger partial charge on any atom is 0.341 e. The second-order valence-electron chi connectivity index (χ2n) is 17.9. The third-order valence-corrected chi connectivity index (χ3v) is 14.8. The number of methoxy groups -OCH3 is 4. The molecule has 4 aromatic carbocycles. The van der Waals surface area contributed by atoms with Gasteiger partial charge in [0.15, 0.2) is 72.4 Å². The molecule has 90 heavy (non-hydrogen) atoms. The number of aliphatic carboxylic acids is 4. The van der Waals surface area contributed by atoms with Crippen molar-refractivity contribution in [1.82, 2.24) is 19.9 Å². The summed E-state index contributed by atoms with van der Waals surface area (Å²) in [7, 11) is 5.85. The largest absolute Gasteiger partial charge is 0.493 e. The lowest BCUT2D eigenvalue weighted by Gasteiger charge is -2.14.